The second-order valence-electron chi connectivity index (χ2n) is 4.01. The molecule has 1 aromatic rings. The fourth-order valence-corrected chi connectivity index (χ4v) is 1.93. The molecular weight excluding hydrogens is 222 g/mol. The fourth-order valence-electron chi connectivity index (χ4n) is 1.93. The molecule has 2 N–H and O–H groups in total. The number of methoxy groups -OCH3 is 1. The second kappa shape index (κ2) is 4.18. The van der Waals surface area contributed by atoms with Crippen LogP contribution in [0.2, 0.25) is 0 Å². The number of hydrogen-bond acceptors (Lipinski definition) is 4. The highest BCUT2D eigenvalue weighted by atomic mass is 16.5. The van der Waals surface area contributed by atoms with E-state index in [1.807, 2.05) is 0 Å². The van der Waals surface area contributed by atoms with Gasteiger partial charge in [-0.05, 0) is 24.3 Å². The van der Waals surface area contributed by atoms with E-state index < -0.39 is 11.5 Å². The fraction of sp³-hybridized carbons (Fsp3) is 0.333. The van der Waals surface area contributed by atoms with Gasteiger partial charge in [0.1, 0.15) is 11.3 Å². The molecule has 1 atom stereocenters. The van der Waals surface area contributed by atoms with Gasteiger partial charge in [-0.1, -0.05) is 0 Å². The topological polar surface area (TPSA) is 79.1 Å². The van der Waals surface area contributed by atoms with Crippen LogP contribution in [0.15, 0.2) is 23.2 Å². The first-order valence-electron chi connectivity index (χ1n) is 5.18. The molecule has 0 radical (unpaired) electrons. The predicted molar refractivity (Wildman–Crippen MR) is 60.3 cm³/mol. The summed E-state index contributed by atoms with van der Waals surface area (Å²) in [6.45, 7) is -0.323. The van der Waals surface area contributed by atoms with Crippen molar-refractivity contribution < 1.29 is 19.7 Å². The Morgan fingerprint density at radius 3 is 2.88 bits per heavy atom. The zero-order chi connectivity index (χ0) is 12.5. The summed E-state index contributed by atoms with van der Waals surface area (Å²) in [5.41, 5.74) is -1.04. The molecule has 0 amide bonds. The van der Waals surface area contributed by atoms with Gasteiger partial charge in [0.25, 0.3) is 0 Å². The largest absolute Gasteiger partial charge is 0.497 e. The van der Waals surface area contributed by atoms with Crippen molar-refractivity contribution in [3.8, 4) is 5.75 Å². The van der Waals surface area contributed by atoms with E-state index in [-0.39, 0.29) is 13.0 Å². The third kappa shape index (κ3) is 2.14. The van der Waals surface area contributed by atoms with Crippen molar-refractivity contribution in [2.45, 2.75) is 12.0 Å². The van der Waals surface area contributed by atoms with E-state index in [1.165, 1.54) is 0 Å². The molecule has 5 nitrogen and oxygen atoms in total. The SMILES string of the molecule is COc1ccc2c(c1)=CC(CO)(CC(=O)O)N=2. The van der Waals surface area contributed by atoms with Gasteiger partial charge >= 0.3 is 5.97 Å². The highest BCUT2D eigenvalue weighted by molar-refractivity contribution is 5.71. The van der Waals surface area contributed by atoms with Crippen LogP contribution < -0.4 is 15.3 Å². The number of nitrogens with zero attached hydrogens (tertiary/aromatic N) is 1. The van der Waals surface area contributed by atoms with Crippen molar-refractivity contribution in [2.75, 3.05) is 13.7 Å². The van der Waals surface area contributed by atoms with E-state index in [9.17, 15) is 9.90 Å². The van der Waals surface area contributed by atoms with Crippen molar-refractivity contribution in [1.82, 2.24) is 0 Å². The van der Waals surface area contributed by atoms with E-state index in [0.29, 0.717) is 11.1 Å². The van der Waals surface area contributed by atoms with E-state index in [4.69, 9.17) is 9.84 Å². The molecule has 1 aromatic carbocycles. The lowest BCUT2D eigenvalue weighted by Crippen LogP contribution is -2.30. The average molecular weight is 235 g/mol. The molecule has 0 saturated heterocycles. The van der Waals surface area contributed by atoms with E-state index in [1.54, 1.807) is 31.4 Å². The third-order valence-corrected chi connectivity index (χ3v) is 2.73. The van der Waals surface area contributed by atoms with Gasteiger partial charge in [0.2, 0.25) is 0 Å². The minimum Gasteiger partial charge on any atom is -0.497 e. The highest BCUT2D eigenvalue weighted by Crippen LogP contribution is 2.19. The smallest absolute Gasteiger partial charge is 0.306 e. The number of benzene rings is 1. The highest BCUT2D eigenvalue weighted by Gasteiger charge is 2.31. The van der Waals surface area contributed by atoms with Crippen molar-refractivity contribution in [3.63, 3.8) is 0 Å². The van der Waals surface area contributed by atoms with Gasteiger partial charge in [0.05, 0.1) is 25.5 Å². The second-order valence-corrected chi connectivity index (χ2v) is 4.01. The van der Waals surface area contributed by atoms with Crippen LogP contribution in [0.1, 0.15) is 6.42 Å². The van der Waals surface area contributed by atoms with E-state index in [2.05, 4.69) is 4.99 Å². The van der Waals surface area contributed by atoms with Crippen molar-refractivity contribution >= 4 is 12.0 Å². The molecule has 0 saturated carbocycles. The van der Waals surface area contributed by atoms with Crippen LogP contribution in [0, 0.1) is 0 Å². The first kappa shape index (κ1) is 11.6. The number of carboxylic acids is 1. The van der Waals surface area contributed by atoms with Crippen molar-refractivity contribution in [3.05, 3.63) is 28.8 Å². The summed E-state index contributed by atoms with van der Waals surface area (Å²) in [5.74, 6) is -0.307. The average Bonchev–Trinajstić information content (AvgIpc) is 2.65. The molecule has 1 aliphatic rings. The Kier molecular flexibility index (Phi) is 2.85. The lowest BCUT2D eigenvalue weighted by molar-refractivity contribution is -0.138. The molecule has 2 rings (SSSR count). The minimum atomic E-state index is -1.04. The molecule has 1 unspecified atom stereocenters. The zero-order valence-electron chi connectivity index (χ0n) is 9.38. The first-order valence-corrected chi connectivity index (χ1v) is 5.18. The van der Waals surface area contributed by atoms with Gasteiger partial charge in [-0.3, -0.25) is 9.79 Å². The van der Waals surface area contributed by atoms with Gasteiger partial charge in [-0.25, -0.2) is 0 Å². The predicted octanol–water partition coefficient (Wildman–Crippen LogP) is -0.685. The maximum Gasteiger partial charge on any atom is 0.306 e. The summed E-state index contributed by atoms with van der Waals surface area (Å²) in [6.07, 6.45) is 1.46. The van der Waals surface area contributed by atoms with Crippen LogP contribution in [-0.4, -0.2) is 35.4 Å². The number of aliphatic hydroxyl groups excluding tert-OH is 1. The lowest BCUT2D eigenvalue weighted by atomic mass is 9.97. The van der Waals surface area contributed by atoms with Crippen LogP contribution in [0.3, 0.4) is 0 Å². The zero-order valence-corrected chi connectivity index (χ0v) is 9.38. The third-order valence-electron chi connectivity index (χ3n) is 2.73. The number of carbonyl (C=O) groups is 1. The van der Waals surface area contributed by atoms with Gasteiger partial charge in [0.15, 0.2) is 0 Å². The Hall–Kier alpha value is -1.88. The van der Waals surface area contributed by atoms with Crippen LogP contribution >= 0.6 is 0 Å². The number of hydrogen-bond donors (Lipinski definition) is 2. The van der Waals surface area contributed by atoms with Crippen LogP contribution in [0.4, 0.5) is 0 Å². The molecule has 0 aromatic heterocycles. The van der Waals surface area contributed by atoms with Crippen LogP contribution in [0.5, 0.6) is 5.75 Å². The number of fused-ring (bicyclic) bond motifs is 1. The van der Waals surface area contributed by atoms with Crippen LogP contribution in [-0.2, 0) is 4.79 Å². The molecule has 1 aliphatic heterocycles. The Bertz CT molecular complexity index is 566. The summed E-state index contributed by atoms with van der Waals surface area (Å²) in [7, 11) is 1.56. The first-order chi connectivity index (χ1) is 8.08. The lowest BCUT2D eigenvalue weighted by Gasteiger charge is -2.18. The summed E-state index contributed by atoms with van der Waals surface area (Å²) < 4.78 is 5.08. The Morgan fingerprint density at radius 1 is 1.53 bits per heavy atom. The molecule has 0 aliphatic carbocycles. The molecule has 90 valence electrons. The summed E-state index contributed by atoms with van der Waals surface area (Å²) in [4.78, 5) is 15.1. The molecule has 5 heteroatoms. The molecule has 0 bridgehead atoms. The number of rotatable bonds is 4. The number of aliphatic hydroxyl groups is 1. The Labute approximate surface area is 97.7 Å². The maximum absolute atomic E-state index is 10.8. The Balaban J connectivity index is 2.50. The quantitative estimate of drug-likeness (QED) is 0.724. The molecule has 1 heterocycles. The van der Waals surface area contributed by atoms with Gasteiger partial charge in [0, 0.05) is 5.22 Å². The van der Waals surface area contributed by atoms with E-state index >= 15 is 0 Å². The normalized spacial score (nSPS) is 21.3. The maximum atomic E-state index is 10.8. The van der Waals surface area contributed by atoms with Crippen molar-refractivity contribution in [2.24, 2.45) is 4.99 Å². The molecular formula is C12H13NO4. The molecule has 0 spiro atoms. The van der Waals surface area contributed by atoms with Gasteiger partial charge in [-0.15, -0.1) is 0 Å². The summed E-state index contributed by atoms with van der Waals surface area (Å²) >= 11 is 0. The summed E-state index contributed by atoms with van der Waals surface area (Å²) in [6, 6.07) is 5.28. The van der Waals surface area contributed by atoms with E-state index in [0.717, 1.165) is 5.22 Å². The summed E-state index contributed by atoms with van der Waals surface area (Å²) in [5, 5.41) is 19.7. The monoisotopic (exact) mass is 235 g/mol. The standard InChI is InChI=1S/C12H13NO4/c1-17-9-2-3-10-8(4-9)5-12(7-14,13-10)6-11(15)16/h2-5,14H,6-7H2,1H3,(H,15,16). The number of ether oxygens (including phenoxy) is 1. The molecule has 0 fully saturated rings. The number of carboxylic acid groups (broad SMARTS) is 1. The molecule has 17 heavy (non-hydrogen) atoms. The van der Waals surface area contributed by atoms with Crippen molar-refractivity contribution in [1.29, 1.82) is 0 Å². The minimum absolute atomic E-state index is 0.222. The Morgan fingerprint density at radius 2 is 2.29 bits per heavy atom. The van der Waals surface area contributed by atoms with Crippen LogP contribution in [0.25, 0.3) is 6.08 Å². The van der Waals surface area contributed by atoms with Gasteiger partial charge in [-0.2, -0.15) is 0 Å². The van der Waals surface area contributed by atoms with Gasteiger partial charge < -0.3 is 14.9 Å². The number of aliphatic carboxylic acids is 1.